The SMILES string of the molecule is [2H]c1c([2H])c([2H])c(-c2nc(-n3c4ccccc4c4c5sc6ccccc6c5c5ccccc5c43)nc3c2sc2ccccc23)c([2H])c1[2H]. The Bertz CT molecular complexity index is 3000. The molecule has 0 spiro atoms. The lowest BCUT2D eigenvalue weighted by Crippen LogP contribution is -2.03. The average Bonchev–Trinajstić information content (AvgIpc) is 3.80. The van der Waals surface area contributed by atoms with E-state index >= 15 is 0 Å². The Balaban J connectivity index is 1.45. The van der Waals surface area contributed by atoms with Crippen LogP contribution in [0.1, 0.15) is 6.85 Å². The van der Waals surface area contributed by atoms with E-state index in [0.29, 0.717) is 21.9 Å². The van der Waals surface area contributed by atoms with E-state index in [1.807, 2.05) is 30.3 Å². The van der Waals surface area contributed by atoms with Gasteiger partial charge in [0.2, 0.25) is 5.95 Å². The second-order valence-corrected chi connectivity index (χ2v) is 12.7. The maximum Gasteiger partial charge on any atom is 0.235 e. The summed E-state index contributed by atoms with van der Waals surface area (Å²) in [5.74, 6) is 0.379. The molecule has 0 fully saturated rings. The molecule has 10 aromatic rings. The summed E-state index contributed by atoms with van der Waals surface area (Å²) in [4.78, 5) is 10.4. The highest BCUT2D eigenvalue weighted by molar-refractivity contribution is 7.27. The molecular weight excluding hydrogens is 563 g/mol. The third-order valence-electron chi connectivity index (χ3n) is 8.29. The standard InChI is InChI=1S/C38H21N3S2/c1-2-12-22(13-3-1)33-37-34(27-18-8-11-21-30(27)43-37)40-38(39-33)41-28-19-9-6-16-25(28)32-35(41)24-15-5-4-14-23(24)31-26-17-7-10-20-29(26)42-36(31)32/h1-21H/i1D,2D,3D,12D,13D. The average molecular weight is 589 g/mol. The lowest BCUT2D eigenvalue weighted by Gasteiger charge is -2.12. The lowest BCUT2D eigenvalue weighted by molar-refractivity contribution is 1.02. The van der Waals surface area contributed by atoms with Gasteiger partial charge in [-0.25, -0.2) is 9.97 Å². The molecule has 43 heavy (non-hydrogen) atoms. The van der Waals surface area contributed by atoms with Gasteiger partial charge in [-0.1, -0.05) is 109 Å². The Hall–Kier alpha value is -5.10. The number of benzene rings is 6. The quantitative estimate of drug-likeness (QED) is 0.201. The van der Waals surface area contributed by atoms with Crippen LogP contribution >= 0.6 is 22.7 Å². The van der Waals surface area contributed by atoms with Crippen LogP contribution in [-0.2, 0) is 0 Å². The number of aromatic nitrogens is 3. The lowest BCUT2D eigenvalue weighted by atomic mass is 10.00. The zero-order valence-corrected chi connectivity index (χ0v) is 24.0. The van der Waals surface area contributed by atoms with E-state index in [4.69, 9.17) is 16.8 Å². The predicted octanol–water partition coefficient (Wildman–Crippen LogP) is 11.1. The first-order valence-electron chi connectivity index (χ1n) is 16.4. The molecule has 0 unspecified atom stereocenters. The van der Waals surface area contributed by atoms with E-state index in [9.17, 15) is 0 Å². The van der Waals surface area contributed by atoms with Crippen molar-refractivity contribution in [2.45, 2.75) is 0 Å². The number of hydrogen-bond donors (Lipinski definition) is 0. The number of para-hydroxylation sites is 1. The number of nitrogens with zero attached hydrogens (tertiary/aromatic N) is 3. The van der Waals surface area contributed by atoms with E-state index in [-0.39, 0.29) is 17.6 Å². The smallest absolute Gasteiger partial charge is 0.235 e. The van der Waals surface area contributed by atoms with E-state index < -0.39 is 18.1 Å². The highest BCUT2D eigenvalue weighted by atomic mass is 32.1. The fourth-order valence-corrected chi connectivity index (χ4v) is 8.96. The van der Waals surface area contributed by atoms with Gasteiger partial charge in [-0.05, 0) is 23.6 Å². The van der Waals surface area contributed by atoms with Gasteiger partial charge in [-0.15, -0.1) is 22.7 Å². The minimum atomic E-state index is -0.433. The molecular formula is C38H21N3S2. The number of rotatable bonds is 2. The number of fused-ring (bicyclic) bond motifs is 13. The molecule has 0 bridgehead atoms. The zero-order chi connectivity index (χ0) is 32.4. The fraction of sp³-hybridized carbons (Fsp3) is 0. The molecule has 6 aromatic carbocycles. The van der Waals surface area contributed by atoms with Gasteiger partial charge >= 0.3 is 0 Å². The van der Waals surface area contributed by atoms with Crippen LogP contribution in [0.3, 0.4) is 0 Å². The molecule has 200 valence electrons. The van der Waals surface area contributed by atoms with Crippen LogP contribution in [0, 0.1) is 0 Å². The van der Waals surface area contributed by atoms with Crippen molar-refractivity contribution in [1.82, 2.24) is 14.5 Å². The summed E-state index contributed by atoms with van der Waals surface area (Å²) < 4.78 is 49.2. The summed E-state index contributed by atoms with van der Waals surface area (Å²) in [6, 6.07) is 31.4. The molecule has 0 aliphatic heterocycles. The Kier molecular flexibility index (Phi) is 3.88. The van der Waals surface area contributed by atoms with Gasteiger partial charge in [0.1, 0.15) is 0 Å². The molecule has 0 saturated heterocycles. The van der Waals surface area contributed by atoms with E-state index in [2.05, 4.69) is 71.3 Å². The van der Waals surface area contributed by atoms with Crippen LogP contribution < -0.4 is 0 Å². The van der Waals surface area contributed by atoms with E-state index in [0.717, 1.165) is 42.7 Å². The van der Waals surface area contributed by atoms with Gasteiger partial charge in [0.25, 0.3) is 0 Å². The summed E-state index contributed by atoms with van der Waals surface area (Å²) in [5, 5.41) is 7.74. The summed E-state index contributed by atoms with van der Waals surface area (Å²) in [6.45, 7) is 0. The van der Waals surface area contributed by atoms with Crippen LogP contribution in [0.2, 0.25) is 0 Å². The van der Waals surface area contributed by atoms with Crippen molar-refractivity contribution in [3.8, 4) is 17.2 Å². The summed E-state index contributed by atoms with van der Waals surface area (Å²) in [7, 11) is 0. The monoisotopic (exact) mass is 588 g/mol. The first kappa shape index (κ1) is 19.2. The molecule has 0 atom stereocenters. The van der Waals surface area contributed by atoms with Crippen LogP contribution in [0.25, 0.3) is 90.3 Å². The Morgan fingerprint density at radius 2 is 1.19 bits per heavy atom. The Labute approximate surface area is 260 Å². The molecule has 0 N–H and O–H groups in total. The van der Waals surface area contributed by atoms with Crippen molar-refractivity contribution in [1.29, 1.82) is 0 Å². The molecule has 0 amide bonds. The zero-order valence-electron chi connectivity index (χ0n) is 27.4. The first-order chi connectivity index (χ1) is 23.4. The Morgan fingerprint density at radius 3 is 2.00 bits per heavy atom. The molecule has 0 saturated carbocycles. The maximum atomic E-state index is 8.91. The third kappa shape index (κ3) is 3.18. The number of thiophene rings is 2. The molecule has 3 nitrogen and oxygen atoms in total. The van der Waals surface area contributed by atoms with E-state index in [1.54, 1.807) is 11.3 Å². The summed E-state index contributed by atoms with van der Waals surface area (Å²) in [6.07, 6.45) is 0. The van der Waals surface area contributed by atoms with Crippen molar-refractivity contribution < 1.29 is 6.85 Å². The Morgan fingerprint density at radius 1 is 0.558 bits per heavy atom. The molecule has 5 heteroatoms. The molecule has 0 radical (unpaired) electrons. The van der Waals surface area contributed by atoms with Gasteiger partial charge in [0.15, 0.2) is 0 Å². The second-order valence-electron chi connectivity index (χ2n) is 10.6. The van der Waals surface area contributed by atoms with Crippen molar-refractivity contribution in [2.24, 2.45) is 0 Å². The van der Waals surface area contributed by atoms with Crippen LogP contribution in [-0.4, -0.2) is 14.5 Å². The predicted molar refractivity (Wildman–Crippen MR) is 185 cm³/mol. The highest BCUT2D eigenvalue weighted by Crippen LogP contribution is 2.48. The van der Waals surface area contributed by atoms with E-state index in [1.165, 1.54) is 31.5 Å². The molecule has 4 heterocycles. The van der Waals surface area contributed by atoms with Crippen molar-refractivity contribution in [2.75, 3.05) is 0 Å². The molecule has 4 aromatic heterocycles. The normalized spacial score (nSPS) is 13.8. The van der Waals surface area contributed by atoms with Gasteiger partial charge in [0.05, 0.1) is 33.8 Å². The minimum Gasteiger partial charge on any atom is -0.277 e. The molecule has 10 rings (SSSR count). The summed E-state index contributed by atoms with van der Waals surface area (Å²) >= 11 is 3.25. The third-order valence-corrected chi connectivity index (χ3v) is 10.6. The van der Waals surface area contributed by atoms with Crippen LogP contribution in [0.4, 0.5) is 0 Å². The van der Waals surface area contributed by atoms with Crippen LogP contribution in [0.5, 0.6) is 0 Å². The van der Waals surface area contributed by atoms with Crippen molar-refractivity contribution >= 4 is 95.7 Å². The van der Waals surface area contributed by atoms with Crippen molar-refractivity contribution in [3.63, 3.8) is 0 Å². The van der Waals surface area contributed by atoms with Gasteiger partial charge < -0.3 is 0 Å². The minimum absolute atomic E-state index is 0.0683. The maximum absolute atomic E-state index is 8.91. The summed E-state index contributed by atoms with van der Waals surface area (Å²) in [5.41, 5.74) is 2.97. The largest absolute Gasteiger partial charge is 0.277 e. The topological polar surface area (TPSA) is 30.7 Å². The van der Waals surface area contributed by atoms with Gasteiger partial charge in [0, 0.05) is 52.0 Å². The van der Waals surface area contributed by atoms with Gasteiger partial charge in [-0.3, -0.25) is 4.57 Å². The first-order valence-corrected chi connectivity index (χ1v) is 15.6. The molecule has 0 aliphatic carbocycles. The van der Waals surface area contributed by atoms with Crippen molar-refractivity contribution in [3.05, 3.63) is 127 Å². The fourth-order valence-electron chi connectivity index (χ4n) is 6.55. The molecule has 0 aliphatic rings. The highest BCUT2D eigenvalue weighted by Gasteiger charge is 2.24. The van der Waals surface area contributed by atoms with Gasteiger partial charge in [-0.2, -0.15) is 0 Å². The number of hydrogen-bond acceptors (Lipinski definition) is 4. The second kappa shape index (κ2) is 8.71. The van der Waals surface area contributed by atoms with Crippen LogP contribution in [0.15, 0.2) is 127 Å².